The largest absolute Gasteiger partial charge is 0.321 e. The van der Waals surface area contributed by atoms with E-state index in [0.717, 1.165) is 14.9 Å². The number of carbonyl (C=O) groups is 2. The van der Waals surface area contributed by atoms with E-state index in [1.165, 1.54) is 17.8 Å². The van der Waals surface area contributed by atoms with Gasteiger partial charge in [0.25, 0.3) is 11.8 Å². The van der Waals surface area contributed by atoms with Crippen LogP contribution >= 0.6 is 27.7 Å². The van der Waals surface area contributed by atoms with Gasteiger partial charge in [0.15, 0.2) is 0 Å². The Labute approximate surface area is 221 Å². The maximum atomic E-state index is 13.9. The predicted octanol–water partition coefficient (Wildman–Crippen LogP) is 7.29. The Morgan fingerprint density at radius 3 is 2.33 bits per heavy atom. The fourth-order valence-corrected chi connectivity index (χ4v) is 4.51. The van der Waals surface area contributed by atoms with Gasteiger partial charge in [0, 0.05) is 26.4 Å². The van der Waals surface area contributed by atoms with Crippen LogP contribution in [0.4, 0.5) is 10.1 Å². The molecule has 4 nitrogen and oxygen atoms in total. The first-order valence-electron chi connectivity index (χ1n) is 11.1. The number of anilines is 1. The summed E-state index contributed by atoms with van der Waals surface area (Å²) in [5, 5.41) is 5.60. The highest BCUT2D eigenvalue weighted by Gasteiger charge is 2.15. The van der Waals surface area contributed by atoms with E-state index in [1.54, 1.807) is 54.6 Å². The molecular formula is C29H22BrFN2O2S. The lowest BCUT2D eigenvalue weighted by Gasteiger charge is -2.12. The molecule has 2 amide bonds. The van der Waals surface area contributed by atoms with Crippen LogP contribution in [0.2, 0.25) is 0 Å². The molecular weight excluding hydrogens is 539 g/mol. The minimum atomic E-state index is -0.460. The van der Waals surface area contributed by atoms with Crippen molar-refractivity contribution in [3.05, 3.63) is 136 Å². The highest BCUT2D eigenvalue weighted by atomic mass is 79.9. The topological polar surface area (TPSA) is 58.2 Å². The summed E-state index contributed by atoms with van der Waals surface area (Å²) in [7, 11) is 0. The Bertz CT molecular complexity index is 1390. The third kappa shape index (κ3) is 7.16. The average molecular weight is 561 g/mol. The maximum Gasteiger partial charge on any atom is 0.272 e. The van der Waals surface area contributed by atoms with E-state index < -0.39 is 5.91 Å². The second kappa shape index (κ2) is 12.3. The van der Waals surface area contributed by atoms with Crippen molar-refractivity contribution in [3.63, 3.8) is 0 Å². The molecule has 0 bridgehead atoms. The molecule has 2 N–H and O–H groups in total. The number of nitrogens with one attached hydrogen (secondary N) is 2. The summed E-state index contributed by atoms with van der Waals surface area (Å²) in [6, 6.07) is 30.1. The molecule has 0 aromatic heterocycles. The van der Waals surface area contributed by atoms with E-state index in [1.807, 2.05) is 48.5 Å². The van der Waals surface area contributed by atoms with Crippen molar-refractivity contribution in [2.24, 2.45) is 0 Å². The lowest BCUT2D eigenvalue weighted by molar-refractivity contribution is -0.113. The average Bonchev–Trinajstić information content (AvgIpc) is 2.90. The molecule has 0 saturated carbocycles. The standard InChI is InChI=1S/C29H22BrFN2O2S/c30-23-15-13-20(14-16-23)17-27(33-28(34)21-7-2-1-3-8-21)29(35)32-24-10-6-11-25(18-24)36-19-22-9-4-5-12-26(22)31/h1-18H,19H2,(H,32,35)(H,33,34)/b27-17-. The third-order valence-corrected chi connectivity index (χ3v) is 6.73. The van der Waals surface area contributed by atoms with Crippen molar-refractivity contribution in [1.29, 1.82) is 0 Å². The Morgan fingerprint density at radius 1 is 0.861 bits per heavy atom. The zero-order valence-corrected chi connectivity index (χ0v) is 21.5. The maximum absolute atomic E-state index is 13.9. The molecule has 0 saturated heterocycles. The molecule has 180 valence electrons. The van der Waals surface area contributed by atoms with Crippen molar-refractivity contribution in [2.75, 3.05) is 5.32 Å². The lowest BCUT2D eigenvalue weighted by Crippen LogP contribution is -2.30. The van der Waals surface area contributed by atoms with E-state index in [2.05, 4.69) is 26.6 Å². The van der Waals surface area contributed by atoms with Gasteiger partial charge in [0.2, 0.25) is 0 Å². The predicted molar refractivity (Wildman–Crippen MR) is 147 cm³/mol. The second-order valence-electron chi connectivity index (χ2n) is 7.79. The van der Waals surface area contributed by atoms with Gasteiger partial charge < -0.3 is 10.6 Å². The Morgan fingerprint density at radius 2 is 1.58 bits per heavy atom. The van der Waals surface area contributed by atoms with Gasteiger partial charge in [-0.15, -0.1) is 11.8 Å². The second-order valence-corrected chi connectivity index (χ2v) is 9.76. The Balaban J connectivity index is 1.51. The zero-order chi connectivity index (χ0) is 25.3. The number of hydrogen-bond donors (Lipinski definition) is 2. The number of halogens is 2. The highest BCUT2D eigenvalue weighted by molar-refractivity contribution is 9.10. The molecule has 0 heterocycles. The van der Waals surface area contributed by atoms with E-state index in [9.17, 15) is 14.0 Å². The number of benzene rings is 4. The molecule has 0 aliphatic heterocycles. The number of carbonyl (C=O) groups excluding carboxylic acids is 2. The van der Waals surface area contributed by atoms with Gasteiger partial charge in [-0.3, -0.25) is 9.59 Å². The number of hydrogen-bond acceptors (Lipinski definition) is 3. The molecule has 0 radical (unpaired) electrons. The first kappa shape index (κ1) is 25.4. The molecule has 4 aromatic carbocycles. The molecule has 4 aromatic rings. The van der Waals surface area contributed by atoms with Crippen LogP contribution in [0.3, 0.4) is 0 Å². The van der Waals surface area contributed by atoms with Crippen molar-refractivity contribution >= 4 is 51.3 Å². The van der Waals surface area contributed by atoms with E-state index in [-0.39, 0.29) is 17.4 Å². The van der Waals surface area contributed by atoms with Crippen LogP contribution in [-0.2, 0) is 10.5 Å². The normalized spacial score (nSPS) is 11.1. The van der Waals surface area contributed by atoms with Crippen LogP contribution in [0.15, 0.2) is 118 Å². The minimum Gasteiger partial charge on any atom is -0.321 e. The molecule has 0 unspecified atom stereocenters. The lowest BCUT2D eigenvalue weighted by atomic mass is 10.1. The van der Waals surface area contributed by atoms with Crippen molar-refractivity contribution in [3.8, 4) is 0 Å². The molecule has 0 aliphatic carbocycles. The molecule has 7 heteroatoms. The first-order chi connectivity index (χ1) is 17.5. The monoisotopic (exact) mass is 560 g/mol. The smallest absolute Gasteiger partial charge is 0.272 e. The Hall–Kier alpha value is -3.68. The zero-order valence-electron chi connectivity index (χ0n) is 19.1. The Kier molecular flexibility index (Phi) is 8.71. The third-order valence-electron chi connectivity index (χ3n) is 5.15. The van der Waals surface area contributed by atoms with Gasteiger partial charge in [-0.25, -0.2) is 4.39 Å². The van der Waals surface area contributed by atoms with Gasteiger partial charge in [0.1, 0.15) is 11.5 Å². The fourth-order valence-electron chi connectivity index (χ4n) is 3.31. The quantitative estimate of drug-likeness (QED) is 0.176. The van der Waals surface area contributed by atoms with Gasteiger partial charge in [-0.05, 0) is 65.7 Å². The van der Waals surface area contributed by atoms with Gasteiger partial charge in [0.05, 0.1) is 0 Å². The number of thioether (sulfide) groups is 1. The molecule has 0 atom stereocenters. The number of amides is 2. The number of rotatable bonds is 8. The molecule has 0 aliphatic rings. The minimum absolute atomic E-state index is 0.107. The molecule has 36 heavy (non-hydrogen) atoms. The van der Waals surface area contributed by atoms with Crippen LogP contribution in [0.25, 0.3) is 6.08 Å². The van der Waals surface area contributed by atoms with Crippen LogP contribution < -0.4 is 10.6 Å². The van der Waals surface area contributed by atoms with Crippen LogP contribution in [0.5, 0.6) is 0 Å². The van der Waals surface area contributed by atoms with E-state index >= 15 is 0 Å². The summed E-state index contributed by atoms with van der Waals surface area (Å²) in [6.45, 7) is 0. The van der Waals surface area contributed by atoms with Crippen LogP contribution in [0.1, 0.15) is 21.5 Å². The van der Waals surface area contributed by atoms with Crippen molar-refractivity contribution in [1.82, 2.24) is 5.32 Å². The fraction of sp³-hybridized carbons (Fsp3) is 0.0345. The summed E-state index contributed by atoms with van der Waals surface area (Å²) >= 11 is 4.87. The van der Waals surface area contributed by atoms with Gasteiger partial charge in [-0.2, -0.15) is 0 Å². The highest BCUT2D eigenvalue weighted by Crippen LogP contribution is 2.26. The SMILES string of the molecule is O=C(Nc1cccc(SCc2ccccc2F)c1)/C(=C/c1ccc(Br)cc1)NC(=O)c1ccccc1. The summed E-state index contributed by atoms with van der Waals surface area (Å²) in [5.74, 6) is -0.626. The summed E-state index contributed by atoms with van der Waals surface area (Å²) in [4.78, 5) is 26.9. The van der Waals surface area contributed by atoms with Gasteiger partial charge in [-0.1, -0.05) is 70.5 Å². The molecule has 0 spiro atoms. The van der Waals surface area contributed by atoms with Gasteiger partial charge >= 0.3 is 0 Å². The van der Waals surface area contributed by atoms with Crippen molar-refractivity contribution in [2.45, 2.75) is 10.6 Å². The molecule has 0 fully saturated rings. The van der Waals surface area contributed by atoms with Crippen LogP contribution in [0, 0.1) is 5.82 Å². The first-order valence-corrected chi connectivity index (χ1v) is 12.9. The van der Waals surface area contributed by atoms with Crippen molar-refractivity contribution < 1.29 is 14.0 Å². The van der Waals surface area contributed by atoms with E-state index in [4.69, 9.17) is 0 Å². The van der Waals surface area contributed by atoms with E-state index in [0.29, 0.717) is 22.6 Å². The van der Waals surface area contributed by atoms with Crippen LogP contribution in [-0.4, -0.2) is 11.8 Å². The summed E-state index contributed by atoms with van der Waals surface area (Å²) in [6.07, 6.45) is 1.62. The summed E-state index contributed by atoms with van der Waals surface area (Å²) in [5.41, 5.74) is 2.48. The molecule has 4 rings (SSSR count). The summed E-state index contributed by atoms with van der Waals surface area (Å²) < 4.78 is 14.9.